The molecular weight excluding hydrogens is 767 g/mol. The van der Waals surface area contributed by atoms with Crippen molar-refractivity contribution in [2.45, 2.75) is 0 Å². The van der Waals surface area contributed by atoms with Crippen LogP contribution in [0.3, 0.4) is 0 Å². The fourth-order valence-corrected chi connectivity index (χ4v) is 8.47. The summed E-state index contributed by atoms with van der Waals surface area (Å²) in [5.74, 6) is 1.32. The van der Waals surface area contributed by atoms with Gasteiger partial charge in [0.2, 0.25) is 0 Å². The van der Waals surface area contributed by atoms with E-state index < -0.39 is 30.2 Å². The van der Waals surface area contributed by atoms with E-state index in [1.54, 1.807) is 24.3 Å². The molecule has 0 radical (unpaired) electrons. The summed E-state index contributed by atoms with van der Waals surface area (Å²) in [6.45, 7) is 0. The van der Waals surface area contributed by atoms with Gasteiger partial charge in [0.15, 0.2) is 17.5 Å². The molecule has 0 bridgehead atoms. The van der Waals surface area contributed by atoms with Crippen molar-refractivity contribution < 1.29 is 14.0 Å². The molecule has 12 aromatic rings. The van der Waals surface area contributed by atoms with Crippen LogP contribution in [0.1, 0.15) is 9.60 Å². The molecule has 0 atom stereocenters. The minimum atomic E-state index is -0.494. The summed E-state index contributed by atoms with van der Waals surface area (Å²) in [5.41, 5.74) is 10.9. The standard InChI is InChI=1S/C59H37N3O/c1-2-11-38(12-3-1)39-23-27-42(28-24-39)57-60-58(43-29-25-41(26-30-43)51-19-9-14-40-13-4-5-17-50(40)51)62-59(61-57)49-16-8-15-44(37-49)45-31-32-47-36-48(34-33-46(47)35-45)52-20-10-22-55-56(52)53-18-6-7-21-54(53)63-55/h1-37H/i4D,5D,9D,13D,14D,17D,19D. The topological polar surface area (TPSA) is 51.8 Å². The molecule has 0 aliphatic carbocycles. The normalized spacial score (nSPS) is 13.0. The van der Waals surface area contributed by atoms with Crippen molar-refractivity contribution in [3.05, 3.63) is 224 Å². The highest BCUT2D eigenvalue weighted by Gasteiger charge is 2.16. The van der Waals surface area contributed by atoms with Crippen LogP contribution in [0.25, 0.3) is 122 Å². The van der Waals surface area contributed by atoms with E-state index in [0.29, 0.717) is 28.6 Å². The second-order valence-electron chi connectivity index (χ2n) is 15.5. The number of hydrogen-bond acceptors (Lipinski definition) is 4. The van der Waals surface area contributed by atoms with Crippen molar-refractivity contribution in [3.63, 3.8) is 0 Å². The Bertz CT molecular complexity index is 4070. The molecule has 4 nitrogen and oxygen atoms in total. The van der Waals surface area contributed by atoms with E-state index in [-0.39, 0.29) is 28.4 Å². The maximum Gasteiger partial charge on any atom is 0.164 e. The van der Waals surface area contributed by atoms with Crippen LogP contribution in [0.5, 0.6) is 0 Å². The fourth-order valence-electron chi connectivity index (χ4n) is 8.47. The molecule has 2 heterocycles. The van der Waals surface area contributed by atoms with Gasteiger partial charge in [0.1, 0.15) is 11.2 Å². The molecule has 0 aliphatic heterocycles. The summed E-state index contributed by atoms with van der Waals surface area (Å²) >= 11 is 0. The number of para-hydroxylation sites is 1. The van der Waals surface area contributed by atoms with Gasteiger partial charge in [-0.3, -0.25) is 0 Å². The predicted molar refractivity (Wildman–Crippen MR) is 260 cm³/mol. The second-order valence-corrected chi connectivity index (χ2v) is 15.5. The zero-order valence-electron chi connectivity index (χ0n) is 40.6. The first-order chi connectivity index (χ1) is 34.1. The van der Waals surface area contributed by atoms with E-state index in [1.165, 1.54) is 0 Å². The van der Waals surface area contributed by atoms with Crippen molar-refractivity contribution in [1.29, 1.82) is 0 Å². The number of furan rings is 1. The first-order valence-electron chi connectivity index (χ1n) is 24.2. The second kappa shape index (κ2) is 15.2. The van der Waals surface area contributed by atoms with Gasteiger partial charge in [-0.25, -0.2) is 15.0 Å². The number of aromatic nitrogens is 3. The third-order valence-corrected chi connectivity index (χ3v) is 11.6. The minimum absolute atomic E-state index is 0.0292. The molecule has 0 spiro atoms. The van der Waals surface area contributed by atoms with Crippen LogP contribution in [0, 0.1) is 0 Å². The summed E-state index contributed by atoms with van der Waals surface area (Å²) in [6.07, 6.45) is 0. The van der Waals surface area contributed by atoms with E-state index in [2.05, 4.69) is 72.8 Å². The van der Waals surface area contributed by atoms with Crippen LogP contribution in [-0.4, -0.2) is 15.0 Å². The van der Waals surface area contributed by atoms with Gasteiger partial charge >= 0.3 is 0 Å². The molecule has 0 saturated heterocycles. The zero-order valence-corrected chi connectivity index (χ0v) is 33.6. The van der Waals surface area contributed by atoms with Gasteiger partial charge in [0.25, 0.3) is 0 Å². The predicted octanol–water partition coefficient (Wildman–Crippen LogP) is 15.7. The fraction of sp³-hybridized carbons (Fsp3) is 0. The number of fused-ring (bicyclic) bond motifs is 5. The lowest BCUT2D eigenvalue weighted by Crippen LogP contribution is -2.00. The van der Waals surface area contributed by atoms with Crippen molar-refractivity contribution in [1.82, 2.24) is 15.0 Å². The Morgan fingerprint density at radius 1 is 0.317 bits per heavy atom. The SMILES string of the molecule is [2H]c1c([2H])c([2H])c2c(-c3ccc(-c4nc(-c5ccc(-c6ccccc6)cc5)nc(-c5cccc(-c6ccc7cc(-c8cccc9oc%10ccccc%10c89)ccc7c6)c5)n4)cc3)c([2H])c([2H])c([2H])c2c1[2H]. The largest absolute Gasteiger partial charge is 0.456 e. The Labute approximate surface area is 374 Å². The average molecular weight is 811 g/mol. The lowest BCUT2D eigenvalue weighted by Gasteiger charge is -2.12. The van der Waals surface area contributed by atoms with Crippen molar-refractivity contribution in [3.8, 4) is 78.7 Å². The quantitative estimate of drug-likeness (QED) is 0.161. The Balaban J connectivity index is 0.935. The first-order valence-corrected chi connectivity index (χ1v) is 20.7. The molecule has 10 aromatic carbocycles. The molecule has 12 rings (SSSR count). The maximum absolute atomic E-state index is 8.89. The molecular formula is C59H37N3O. The number of hydrogen-bond donors (Lipinski definition) is 0. The number of benzene rings is 10. The summed E-state index contributed by atoms with van der Waals surface area (Å²) in [4.78, 5) is 15.1. The molecule has 0 saturated carbocycles. The first kappa shape index (κ1) is 29.7. The summed E-state index contributed by atoms with van der Waals surface area (Å²) in [6, 6.07) is 58.0. The van der Waals surface area contributed by atoms with Crippen LogP contribution in [0.4, 0.5) is 0 Å². The maximum atomic E-state index is 8.89. The molecule has 0 N–H and O–H groups in total. The zero-order chi connectivity index (χ0) is 47.8. The van der Waals surface area contributed by atoms with Gasteiger partial charge in [-0.2, -0.15) is 0 Å². The molecule has 4 heteroatoms. The van der Waals surface area contributed by atoms with Crippen LogP contribution in [-0.2, 0) is 0 Å². The molecule has 0 unspecified atom stereocenters. The van der Waals surface area contributed by atoms with E-state index in [0.717, 1.165) is 77.2 Å². The van der Waals surface area contributed by atoms with Crippen molar-refractivity contribution in [2.24, 2.45) is 0 Å². The smallest absolute Gasteiger partial charge is 0.164 e. The monoisotopic (exact) mass is 810 g/mol. The van der Waals surface area contributed by atoms with E-state index >= 15 is 0 Å². The highest BCUT2D eigenvalue weighted by Crippen LogP contribution is 2.39. The third-order valence-electron chi connectivity index (χ3n) is 11.6. The molecule has 2 aromatic heterocycles. The van der Waals surface area contributed by atoms with Gasteiger partial charge < -0.3 is 4.42 Å². The average Bonchev–Trinajstić information content (AvgIpc) is 3.80. The van der Waals surface area contributed by atoms with Crippen molar-refractivity contribution in [2.75, 3.05) is 0 Å². The Hall–Kier alpha value is -8.47. The third kappa shape index (κ3) is 6.71. The van der Waals surface area contributed by atoms with Gasteiger partial charge in [0, 0.05) is 27.5 Å². The van der Waals surface area contributed by atoms with Crippen LogP contribution >= 0.6 is 0 Å². The minimum Gasteiger partial charge on any atom is -0.456 e. The van der Waals surface area contributed by atoms with Crippen LogP contribution in [0.15, 0.2) is 229 Å². The molecule has 0 fully saturated rings. The van der Waals surface area contributed by atoms with E-state index in [1.807, 2.05) is 84.9 Å². The molecule has 63 heavy (non-hydrogen) atoms. The Kier molecular flexibility index (Phi) is 7.17. The lowest BCUT2D eigenvalue weighted by atomic mass is 9.95. The molecule has 0 aliphatic rings. The summed E-state index contributed by atoms with van der Waals surface area (Å²) < 4.78 is 66.2. The molecule has 0 amide bonds. The van der Waals surface area contributed by atoms with Crippen LogP contribution in [0.2, 0.25) is 0 Å². The highest BCUT2D eigenvalue weighted by atomic mass is 16.3. The van der Waals surface area contributed by atoms with Gasteiger partial charge in [-0.1, -0.05) is 194 Å². The van der Waals surface area contributed by atoms with Gasteiger partial charge in [-0.05, 0) is 96.4 Å². The Morgan fingerprint density at radius 3 is 1.65 bits per heavy atom. The van der Waals surface area contributed by atoms with Crippen LogP contribution < -0.4 is 0 Å². The lowest BCUT2D eigenvalue weighted by molar-refractivity contribution is 0.669. The van der Waals surface area contributed by atoms with Gasteiger partial charge in [-0.15, -0.1) is 0 Å². The highest BCUT2D eigenvalue weighted by molar-refractivity contribution is 6.13. The van der Waals surface area contributed by atoms with E-state index in [4.69, 9.17) is 29.0 Å². The van der Waals surface area contributed by atoms with E-state index in [9.17, 15) is 0 Å². The van der Waals surface area contributed by atoms with Gasteiger partial charge in [0.05, 0.1) is 9.60 Å². The summed E-state index contributed by atoms with van der Waals surface area (Å²) in [7, 11) is 0. The number of rotatable bonds is 7. The Morgan fingerprint density at radius 2 is 0.857 bits per heavy atom. The van der Waals surface area contributed by atoms with Crippen molar-refractivity contribution >= 4 is 43.5 Å². The molecule has 294 valence electrons. The summed E-state index contributed by atoms with van der Waals surface area (Å²) in [5, 5.41) is 4.35. The number of nitrogens with zero attached hydrogens (tertiary/aromatic N) is 3.